The molecule has 4 heteroatoms. The molecule has 0 spiro atoms. The molecule has 0 N–H and O–H groups in total. The van der Waals surface area contributed by atoms with Gasteiger partial charge < -0.3 is 4.74 Å². The first kappa shape index (κ1) is 8.97. The Morgan fingerprint density at radius 3 is 3.00 bits per heavy atom. The van der Waals surface area contributed by atoms with Gasteiger partial charge >= 0.3 is 0 Å². The summed E-state index contributed by atoms with van der Waals surface area (Å²) in [6, 6.07) is 3.74. The number of rotatable bonds is 1. The molecule has 1 aromatic carbocycles. The predicted molar refractivity (Wildman–Crippen MR) is 56.0 cm³/mol. The number of hydrogen-bond acceptors (Lipinski definition) is 2. The lowest BCUT2D eigenvalue weighted by Crippen LogP contribution is -1.89. The van der Waals surface area contributed by atoms with E-state index in [-0.39, 0.29) is 11.6 Å². The van der Waals surface area contributed by atoms with Gasteiger partial charge in [-0.2, -0.15) is 0 Å². The van der Waals surface area contributed by atoms with Gasteiger partial charge in [-0.25, -0.2) is 4.39 Å². The van der Waals surface area contributed by atoms with Crippen molar-refractivity contribution in [3.63, 3.8) is 0 Å². The van der Waals surface area contributed by atoms with E-state index in [0.717, 1.165) is 5.39 Å². The summed E-state index contributed by atoms with van der Waals surface area (Å²) in [4.78, 5) is 0. The highest BCUT2D eigenvalue weighted by Gasteiger charge is 2.12. The number of halogens is 2. The van der Waals surface area contributed by atoms with Crippen LogP contribution in [0.3, 0.4) is 0 Å². The maximum absolute atomic E-state index is 13.6. The molecule has 68 valence electrons. The maximum atomic E-state index is 13.6. The van der Waals surface area contributed by atoms with Crippen LogP contribution in [-0.4, -0.2) is 7.11 Å². The van der Waals surface area contributed by atoms with Crippen LogP contribution < -0.4 is 4.74 Å². The van der Waals surface area contributed by atoms with Crippen LogP contribution >= 0.6 is 27.3 Å². The second-order valence-electron chi connectivity index (χ2n) is 2.54. The highest BCUT2D eigenvalue weighted by Crippen LogP contribution is 2.36. The monoisotopic (exact) mass is 260 g/mol. The molecule has 0 radical (unpaired) electrons. The van der Waals surface area contributed by atoms with Crippen molar-refractivity contribution in [2.24, 2.45) is 0 Å². The Balaban J connectivity index is 2.85. The van der Waals surface area contributed by atoms with Gasteiger partial charge in [0.25, 0.3) is 0 Å². The third-order valence-corrected chi connectivity index (χ3v) is 3.31. The molecule has 1 heterocycles. The average molecular weight is 261 g/mol. The summed E-state index contributed by atoms with van der Waals surface area (Å²) in [5, 5.41) is 2.76. The highest BCUT2D eigenvalue weighted by molar-refractivity contribution is 9.10. The molecule has 1 aromatic heterocycles. The molecular weight excluding hydrogens is 255 g/mol. The number of ether oxygens (including phenoxy) is 1. The van der Waals surface area contributed by atoms with Crippen LogP contribution in [0.4, 0.5) is 4.39 Å². The standard InChI is InChI=1S/C9H6BrFOS/c1-12-8-6(10)4-5-2-3-13-9(5)7(8)11/h2-4H,1H3. The fourth-order valence-corrected chi connectivity index (χ4v) is 2.60. The van der Waals surface area contributed by atoms with E-state index >= 15 is 0 Å². The Kier molecular flexibility index (Phi) is 2.26. The largest absolute Gasteiger partial charge is 0.492 e. The second kappa shape index (κ2) is 3.27. The summed E-state index contributed by atoms with van der Waals surface area (Å²) in [6.07, 6.45) is 0. The number of benzene rings is 1. The zero-order valence-corrected chi connectivity index (χ0v) is 9.21. The lowest BCUT2D eigenvalue weighted by atomic mass is 10.2. The minimum absolute atomic E-state index is 0.273. The SMILES string of the molecule is COc1c(Br)cc2ccsc2c1F. The highest BCUT2D eigenvalue weighted by atomic mass is 79.9. The lowest BCUT2D eigenvalue weighted by Gasteiger charge is -2.04. The molecule has 0 saturated heterocycles. The van der Waals surface area contributed by atoms with Crippen molar-refractivity contribution in [1.29, 1.82) is 0 Å². The molecule has 0 aliphatic heterocycles. The van der Waals surface area contributed by atoms with Gasteiger partial charge in [-0.05, 0) is 38.8 Å². The smallest absolute Gasteiger partial charge is 0.183 e. The fourth-order valence-electron chi connectivity index (χ4n) is 1.21. The van der Waals surface area contributed by atoms with Crippen molar-refractivity contribution in [3.05, 3.63) is 27.8 Å². The molecule has 2 aromatic rings. The van der Waals surface area contributed by atoms with Crippen LogP contribution in [0.25, 0.3) is 10.1 Å². The molecule has 0 aliphatic rings. The normalized spacial score (nSPS) is 10.7. The van der Waals surface area contributed by atoms with Crippen LogP contribution in [0.1, 0.15) is 0 Å². The van der Waals surface area contributed by atoms with Crippen molar-refractivity contribution >= 4 is 37.4 Å². The Morgan fingerprint density at radius 1 is 1.54 bits per heavy atom. The van der Waals surface area contributed by atoms with Gasteiger partial charge in [-0.3, -0.25) is 0 Å². The molecule has 1 nitrogen and oxygen atoms in total. The van der Waals surface area contributed by atoms with Crippen molar-refractivity contribution < 1.29 is 9.13 Å². The molecule has 13 heavy (non-hydrogen) atoms. The van der Waals surface area contributed by atoms with E-state index in [1.54, 1.807) is 0 Å². The molecule has 0 saturated carbocycles. The summed E-state index contributed by atoms with van der Waals surface area (Å²) < 4.78 is 19.8. The first-order chi connectivity index (χ1) is 6.24. The first-order valence-electron chi connectivity index (χ1n) is 3.63. The van der Waals surface area contributed by atoms with Crippen molar-refractivity contribution in [2.45, 2.75) is 0 Å². The van der Waals surface area contributed by atoms with Gasteiger partial charge in [0.15, 0.2) is 11.6 Å². The summed E-state index contributed by atoms with van der Waals surface area (Å²) >= 11 is 4.63. The zero-order valence-electron chi connectivity index (χ0n) is 6.80. The molecule has 0 aliphatic carbocycles. The van der Waals surface area contributed by atoms with Gasteiger partial charge in [0.1, 0.15) is 0 Å². The Labute approximate surface area is 87.3 Å². The number of fused-ring (bicyclic) bond motifs is 1. The van der Waals surface area contributed by atoms with Crippen molar-refractivity contribution in [2.75, 3.05) is 7.11 Å². The predicted octanol–water partition coefficient (Wildman–Crippen LogP) is 3.81. The molecule has 0 fully saturated rings. The van der Waals surface area contributed by atoms with E-state index in [9.17, 15) is 4.39 Å². The van der Waals surface area contributed by atoms with E-state index in [1.165, 1.54) is 18.4 Å². The molecule has 0 unspecified atom stereocenters. The molecule has 0 amide bonds. The van der Waals surface area contributed by atoms with Crippen LogP contribution in [0.2, 0.25) is 0 Å². The van der Waals surface area contributed by atoms with Crippen LogP contribution in [0.15, 0.2) is 22.0 Å². The fraction of sp³-hybridized carbons (Fsp3) is 0.111. The average Bonchev–Trinajstić information content (AvgIpc) is 2.53. The van der Waals surface area contributed by atoms with E-state index in [4.69, 9.17) is 4.74 Å². The van der Waals surface area contributed by atoms with Crippen LogP contribution in [0, 0.1) is 5.82 Å². The Morgan fingerprint density at radius 2 is 2.31 bits per heavy atom. The minimum atomic E-state index is -0.290. The van der Waals surface area contributed by atoms with Crippen molar-refractivity contribution in [3.8, 4) is 5.75 Å². The van der Waals surface area contributed by atoms with Gasteiger partial charge in [-0.15, -0.1) is 11.3 Å². The van der Waals surface area contributed by atoms with Gasteiger partial charge in [0, 0.05) is 0 Å². The molecular formula is C9H6BrFOS. The molecule has 0 bridgehead atoms. The van der Waals surface area contributed by atoms with Gasteiger partial charge in [0.05, 0.1) is 16.3 Å². The lowest BCUT2D eigenvalue weighted by molar-refractivity contribution is 0.386. The maximum Gasteiger partial charge on any atom is 0.183 e. The number of hydrogen-bond donors (Lipinski definition) is 0. The van der Waals surface area contributed by atoms with Crippen molar-refractivity contribution in [1.82, 2.24) is 0 Å². The Bertz CT molecular complexity index is 452. The third-order valence-electron chi connectivity index (χ3n) is 1.80. The summed E-state index contributed by atoms with van der Waals surface area (Å²) in [7, 11) is 1.46. The summed E-state index contributed by atoms with van der Waals surface area (Å²) in [6.45, 7) is 0. The molecule has 0 atom stereocenters. The van der Waals surface area contributed by atoms with Crippen LogP contribution in [-0.2, 0) is 0 Å². The minimum Gasteiger partial charge on any atom is -0.492 e. The van der Waals surface area contributed by atoms with E-state index in [1.807, 2.05) is 17.5 Å². The van der Waals surface area contributed by atoms with E-state index in [0.29, 0.717) is 9.17 Å². The quantitative estimate of drug-likeness (QED) is 0.758. The summed E-state index contributed by atoms with van der Waals surface area (Å²) in [5.41, 5.74) is 0. The second-order valence-corrected chi connectivity index (χ2v) is 4.32. The Hall–Kier alpha value is -0.610. The first-order valence-corrected chi connectivity index (χ1v) is 5.30. The van der Waals surface area contributed by atoms with Crippen LogP contribution in [0.5, 0.6) is 5.75 Å². The number of methoxy groups -OCH3 is 1. The van der Waals surface area contributed by atoms with Gasteiger partial charge in [-0.1, -0.05) is 0 Å². The van der Waals surface area contributed by atoms with Gasteiger partial charge in [0.2, 0.25) is 0 Å². The summed E-state index contributed by atoms with van der Waals surface area (Å²) in [5.74, 6) is -0.0168. The molecule has 2 rings (SSSR count). The van der Waals surface area contributed by atoms with E-state index < -0.39 is 0 Å². The zero-order chi connectivity index (χ0) is 9.42. The topological polar surface area (TPSA) is 9.23 Å². The number of thiophene rings is 1. The third kappa shape index (κ3) is 1.34. The van der Waals surface area contributed by atoms with E-state index in [2.05, 4.69) is 15.9 Å².